The van der Waals surface area contributed by atoms with Gasteiger partial charge in [-0.1, -0.05) is 12.1 Å². The Hall–Kier alpha value is -2.63. The van der Waals surface area contributed by atoms with Crippen LogP contribution in [-0.4, -0.2) is 29.1 Å². The first-order valence-corrected chi connectivity index (χ1v) is 6.56. The summed E-state index contributed by atoms with van der Waals surface area (Å²) in [7, 11) is 1.68. The Kier molecular flexibility index (Phi) is 5.09. The lowest BCUT2D eigenvalue weighted by Gasteiger charge is -2.11. The molecule has 2 N–H and O–H groups in total. The van der Waals surface area contributed by atoms with E-state index in [2.05, 4.69) is 27.2 Å². The highest BCUT2D eigenvalue weighted by atomic mass is 19.1. The summed E-state index contributed by atoms with van der Waals surface area (Å²) in [6.07, 6.45) is 6.63. The summed E-state index contributed by atoms with van der Waals surface area (Å²) >= 11 is 0. The molecule has 21 heavy (non-hydrogen) atoms. The first-order chi connectivity index (χ1) is 10.2. The van der Waals surface area contributed by atoms with Crippen LogP contribution < -0.4 is 10.6 Å². The fourth-order valence-corrected chi connectivity index (χ4v) is 1.85. The van der Waals surface area contributed by atoms with Crippen LogP contribution in [0.1, 0.15) is 5.56 Å². The number of halogens is 1. The van der Waals surface area contributed by atoms with Gasteiger partial charge < -0.3 is 15.2 Å². The van der Waals surface area contributed by atoms with Gasteiger partial charge in [0.2, 0.25) is 0 Å². The summed E-state index contributed by atoms with van der Waals surface area (Å²) in [6, 6.07) is 5.10. The Morgan fingerprint density at radius 3 is 2.95 bits per heavy atom. The molecule has 1 aromatic carbocycles. The first-order valence-electron chi connectivity index (χ1n) is 6.56. The Morgan fingerprint density at radius 1 is 1.48 bits per heavy atom. The molecule has 110 valence electrons. The number of imidazole rings is 1. The van der Waals surface area contributed by atoms with Crippen LogP contribution >= 0.6 is 0 Å². The van der Waals surface area contributed by atoms with Crippen molar-refractivity contribution in [3.05, 3.63) is 61.0 Å². The molecule has 0 fully saturated rings. The molecular formula is C15H18FN5. The maximum Gasteiger partial charge on any atom is 0.191 e. The fourth-order valence-electron chi connectivity index (χ4n) is 1.85. The third-order valence-electron chi connectivity index (χ3n) is 2.89. The molecule has 0 atom stereocenters. The molecule has 0 unspecified atom stereocenters. The van der Waals surface area contributed by atoms with Crippen molar-refractivity contribution in [1.82, 2.24) is 20.2 Å². The summed E-state index contributed by atoms with van der Waals surface area (Å²) in [5.41, 5.74) is 1.31. The van der Waals surface area contributed by atoms with Gasteiger partial charge in [-0.2, -0.15) is 0 Å². The van der Waals surface area contributed by atoms with Gasteiger partial charge in [-0.15, -0.1) is 6.58 Å². The second kappa shape index (κ2) is 7.23. The maximum atomic E-state index is 14.1. The predicted molar refractivity (Wildman–Crippen MR) is 81.9 cm³/mol. The largest absolute Gasteiger partial charge is 0.353 e. The molecule has 0 radical (unpaired) electrons. The van der Waals surface area contributed by atoms with Crippen molar-refractivity contribution < 1.29 is 4.39 Å². The Balaban J connectivity index is 2.02. The molecule has 2 aromatic rings. The third kappa shape index (κ3) is 3.92. The molecule has 0 bridgehead atoms. The zero-order valence-corrected chi connectivity index (χ0v) is 11.9. The Morgan fingerprint density at radius 2 is 2.33 bits per heavy atom. The third-order valence-corrected chi connectivity index (χ3v) is 2.89. The van der Waals surface area contributed by atoms with E-state index >= 15 is 0 Å². The van der Waals surface area contributed by atoms with Crippen molar-refractivity contribution in [1.29, 1.82) is 0 Å². The number of aliphatic imine (C=N–C) groups is 1. The van der Waals surface area contributed by atoms with Crippen LogP contribution in [0.5, 0.6) is 0 Å². The van der Waals surface area contributed by atoms with E-state index in [0.29, 0.717) is 24.7 Å². The minimum atomic E-state index is -0.290. The summed E-state index contributed by atoms with van der Waals surface area (Å²) in [5.74, 6) is 0.357. The molecule has 0 saturated heterocycles. The van der Waals surface area contributed by atoms with Crippen molar-refractivity contribution in [3.63, 3.8) is 0 Å². The number of hydrogen-bond acceptors (Lipinski definition) is 2. The highest BCUT2D eigenvalue weighted by Gasteiger charge is 2.05. The monoisotopic (exact) mass is 287 g/mol. The molecular weight excluding hydrogens is 269 g/mol. The van der Waals surface area contributed by atoms with Gasteiger partial charge in [0.1, 0.15) is 5.82 Å². The van der Waals surface area contributed by atoms with Crippen molar-refractivity contribution in [2.45, 2.75) is 6.54 Å². The van der Waals surface area contributed by atoms with Crippen molar-refractivity contribution in [3.8, 4) is 5.69 Å². The average molecular weight is 287 g/mol. The zero-order valence-electron chi connectivity index (χ0n) is 11.9. The predicted octanol–water partition coefficient (Wildman–Crippen LogP) is 1.86. The quantitative estimate of drug-likeness (QED) is 0.501. The molecule has 0 saturated carbocycles. The number of hydrogen-bond donors (Lipinski definition) is 2. The molecule has 6 heteroatoms. The number of benzene rings is 1. The van der Waals surface area contributed by atoms with E-state index in [-0.39, 0.29) is 5.82 Å². The van der Waals surface area contributed by atoms with E-state index in [4.69, 9.17) is 0 Å². The van der Waals surface area contributed by atoms with E-state index in [1.54, 1.807) is 42.5 Å². The Labute approximate surface area is 123 Å². The van der Waals surface area contributed by atoms with Gasteiger partial charge in [0.05, 0.1) is 12.0 Å². The van der Waals surface area contributed by atoms with E-state index in [1.165, 1.54) is 6.07 Å². The summed E-state index contributed by atoms with van der Waals surface area (Å²) in [4.78, 5) is 7.97. The molecule has 1 aromatic heterocycles. The highest BCUT2D eigenvalue weighted by Crippen LogP contribution is 2.14. The summed E-state index contributed by atoms with van der Waals surface area (Å²) < 4.78 is 15.7. The molecule has 0 spiro atoms. The number of nitrogens with one attached hydrogen (secondary N) is 2. The van der Waals surface area contributed by atoms with Gasteiger partial charge in [0.25, 0.3) is 0 Å². The molecule has 0 aliphatic rings. The van der Waals surface area contributed by atoms with Crippen LogP contribution in [0.2, 0.25) is 0 Å². The van der Waals surface area contributed by atoms with Crippen molar-refractivity contribution in [2.24, 2.45) is 4.99 Å². The SMILES string of the molecule is C=CCNC(=NC)NCc1ccc(-n2ccnc2)c(F)c1. The average Bonchev–Trinajstić information content (AvgIpc) is 3.01. The molecule has 1 heterocycles. The van der Waals surface area contributed by atoms with Crippen LogP contribution in [0.3, 0.4) is 0 Å². The number of nitrogens with zero attached hydrogens (tertiary/aromatic N) is 3. The van der Waals surface area contributed by atoms with Gasteiger partial charge in [-0.05, 0) is 17.7 Å². The van der Waals surface area contributed by atoms with Crippen LogP contribution in [0, 0.1) is 5.82 Å². The first kappa shape index (κ1) is 14.8. The standard InChI is InChI=1S/C15H18FN5/c1-3-6-19-15(17-2)20-10-12-4-5-14(13(16)9-12)21-8-7-18-11-21/h3-5,7-9,11H,1,6,10H2,2H3,(H2,17,19,20). The Bertz CT molecular complexity index is 619. The maximum absolute atomic E-state index is 14.1. The number of rotatable bonds is 5. The van der Waals surface area contributed by atoms with Gasteiger partial charge in [0, 0.05) is 32.5 Å². The summed E-state index contributed by atoms with van der Waals surface area (Å²) in [5, 5.41) is 6.16. The minimum Gasteiger partial charge on any atom is -0.353 e. The lowest BCUT2D eigenvalue weighted by atomic mass is 10.2. The molecule has 0 amide bonds. The zero-order chi connectivity index (χ0) is 15.1. The van der Waals surface area contributed by atoms with E-state index in [9.17, 15) is 4.39 Å². The van der Waals surface area contributed by atoms with Crippen LogP contribution in [0.4, 0.5) is 4.39 Å². The van der Waals surface area contributed by atoms with Crippen LogP contribution in [0.15, 0.2) is 54.6 Å². The van der Waals surface area contributed by atoms with E-state index in [0.717, 1.165) is 5.56 Å². The second-order valence-electron chi connectivity index (χ2n) is 4.35. The van der Waals surface area contributed by atoms with Gasteiger partial charge in [0.15, 0.2) is 5.96 Å². The number of guanidine groups is 1. The molecule has 0 aliphatic heterocycles. The van der Waals surface area contributed by atoms with Crippen LogP contribution in [-0.2, 0) is 6.54 Å². The molecule has 2 rings (SSSR count). The minimum absolute atomic E-state index is 0.290. The smallest absolute Gasteiger partial charge is 0.191 e. The van der Waals surface area contributed by atoms with Gasteiger partial charge >= 0.3 is 0 Å². The lowest BCUT2D eigenvalue weighted by Crippen LogP contribution is -2.36. The van der Waals surface area contributed by atoms with Crippen molar-refractivity contribution in [2.75, 3.05) is 13.6 Å². The van der Waals surface area contributed by atoms with Crippen LogP contribution in [0.25, 0.3) is 5.69 Å². The lowest BCUT2D eigenvalue weighted by molar-refractivity contribution is 0.615. The molecule has 0 aliphatic carbocycles. The fraction of sp³-hybridized carbons (Fsp3) is 0.200. The second-order valence-corrected chi connectivity index (χ2v) is 4.35. The van der Waals surface area contributed by atoms with Gasteiger partial charge in [-0.25, -0.2) is 9.37 Å². The molecule has 5 nitrogen and oxygen atoms in total. The normalized spacial score (nSPS) is 11.2. The highest BCUT2D eigenvalue weighted by molar-refractivity contribution is 5.79. The van der Waals surface area contributed by atoms with Crippen molar-refractivity contribution >= 4 is 5.96 Å². The number of aromatic nitrogens is 2. The summed E-state index contributed by atoms with van der Waals surface area (Å²) in [6.45, 7) is 4.73. The topological polar surface area (TPSA) is 54.2 Å². The van der Waals surface area contributed by atoms with E-state index in [1.807, 2.05) is 6.07 Å². The van der Waals surface area contributed by atoms with E-state index < -0.39 is 0 Å². The van der Waals surface area contributed by atoms with Gasteiger partial charge in [-0.3, -0.25) is 4.99 Å².